The van der Waals surface area contributed by atoms with E-state index in [2.05, 4.69) is 5.32 Å². The first-order valence-corrected chi connectivity index (χ1v) is 7.15. The van der Waals surface area contributed by atoms with Gasteiger partial charge in [0.15, 0.2) is 0 Å². The van der Waals surface area contributed by atoms with Crippen molar-refractivity contribution in [2.75, 3.05) is 19.5 Å². The quantitative estimate of drug-likeness (QED) is 0.882. The first-order valence-electron chi connectivity index (χ1n) is 7.15. The Morgan fingerprint density at radius 2 is 1.57 bits per heavy atom. The molecule has 2 aromatic carbocycles. The van der Waals surface area contributed by atoms with Gasteiger partial charge in [-0.2, -0.15) is 0 Å². The minimum absolute atomic E-state index is 0.286. The predicted octanol–water partition coefficient (Wildman–Crippen LogP) is 2.52. The van der Waals surface area contributed by atoms with Gasteiger partial charge in [0, 0.05) is 12.7 Å². The average molecular weight is 308 g/mol. The van der Waals surface area contributed by atoms with E-state index in [-0.39, 0.29) is 17.5 Å². The van der Waals surface area contributed by atoms with E-state index in [1.807, 2.05) is 30.3 Å². The highest BCUT2D eigenvalue weighted by Crippen LogP contribution is 2.29. The molecule has 2 aromatic rings. The van der Waals surface area contributed by atoms with Crippen molar-refractivity contribution in [3.8, 4) is 5.75 Å². The van der Waals surface area contributed by atoms with Crippen LogP contribution in [0.2, 0.25) is 0 Å². The third kappa shape index (κ3) is 2.68. The van der Waals surface area contributed by atoms with Gasteiger partial charge < -0.3 is 10.1 Å². The highest BCUT2D eigenvalue weighted by molar-refractivity contribution is 6.36. The van der Waals surface area contributed by atoms with Crippen LogP contribution >= 0.6 is 0 Å². The number of rotatable bonds is 4. The van der Waals surface area contributed by atoms with E-state index in [9.17, 15) is 9.59 Å². The number of imide groups is 1. The van der Waals surface area contributed by atoms with E-state index >= 15 is 0 Å². The molecule has 0 bridgehead atoms. The zero-order valence-electron chi connectivity index (χ0n) is 12.9. The van der Waals surface area contributed by atoms with Gasteiger partial charge >= 0.3 is 0 Å². The van der Waals surface area contributed by atoms with Crippen molar-refractivity contribution in [2.24, 2.45) is 0 Å². The summed E-state index contributed by atoms with van der Waals surface area (Å²) in [5.74, 6) is 0.0700. The molecule has 0 aromatic heterocycles. The Bertz CT molecular complexity index is 780. The lowest BCUT2D eigenvalue weighted by molar-refractivity contribution is -0.135. The summed E-state index contributed by atoms with van der Waals surface area (Å²) in [6.45, 7) is 0. The average Bonchev–Trinajstić information content (AvgIpc) is 2.80. The number of ether oxygens (including phenoxy) is 1. The lowest BCUT2D eigenvalue weighted by Crippen LogP contribution is -2.27. The molecule has 0 unspecified atom stereocenters. The van der Waals surface area contributed by atoms with Crippen LogP contribution in [-0.2, 0) is 9.59 Å². The molecule has 5 nitrogen and oxygen atoms in total. The van der Waals surface area contributed by atoms with Crippen LogP contribution in [0.3, 0.4) is 0 Å². The second kappa shape index (κ2) is 5.96. The topological polar surface area (TPSA) is 58.6 Å². The van der Waals surface area contributed by atoms with E-state index in [0.717, 1.165) is 10.6 Å². The van der Waals surface area contributed by atoms with Gasteiger partial charge in [0.05, 0.1) is 12.7 Å². The van der Waals surface area contributed by atoms with Gasteiger partial charge in [-0.1, -0.05) is 30.3 Å². The van der Waals surface area contributed by atoms with E-state index in [4.69, 9.17) is 4.74 Å². The Balaban J connectivity index is 2.02. The van der Waals surface area contributed by atoms with Gasteiger partial charge in [-0.25, -0.2) is 0 Å². The Labute approximate surface area is 134 Å². The minimum Gasteiger partial charge on any atom is -0.497 e. The summed E-state index contributed by atoms with van der Waals surface area (Å²) in [7, 11) is 3.07. The largest absolute Gasteiger partial charge is 0.497 e. The van der Waals surface area contributed by atoms with Gasteiger partial charge in [0.2, 0.25) is 0 Å². The molecule has 2 amide bonds. The number of nitrogens with one attached hydrogen (secondary N) is 1. The van der Waals surface area contributed by atoms with Gasteiger partial charge in [-0.05, 0) is 29.8 Å². The van der Waals surface area contributed by atoms with Crippen molar-refractivity contribution in [3.63, 3.8) is 0 Å². The highest BCUT2D eigenvalue weighted by atomic mass is 16.5. The van der Waals surface area contributed by atoms with Crippen molar-refractivity contribution in [3.05, 3.63) is 65.9 Å². The van der Waals surface area contributed by atoms with Crippen LogP contribution in [0.5, 0.6) is 5.75 Å². The first-order chi connectivity index (χ1) is 11.1. The van der Waals surface area contributed by atoms with Crippen molar-refractivity contribution in [1.29, 1.82) is 0 Å². The van der Waals surface area contributed by atoms with Crippen LogP contribution in [0, 0.1) is 0 Å². The molecule has 3 rings (SSSR count). The summed E-state index contributed by atoms with van der Waals surface area (Å²) in [6, 6.07) is 16.3. The zero-order chi connectivity index (χ0) is 16.4. The molecule has 5 heteroatoms. The molecule has 0 fully saturated rings. The summed E-state index contributed by atoms with van der Waals surface area (Å²) in [5.41, 5.74) is 2.10. The number of anilines is 1. The normalized spacial score (nSPS) is 14.4. The van der Waals surface area contributed by atoms with Crippen LogP contribution in [0.15, 0.2) is 60.3 Å². The second-order valence-electron chi connectivity index (χ2n) is 5.14. The van der Waals surface area contributed by atoms with Crippen molar-refractivity contribution >= 4 is 23.1 Å². The standard InChI is InChI=1S/C18H16N2O3/c1-20-17(21)15(12-6-4-3-5-7-12)16(18(20)22)19-13-8-10-14(23-2)11-9-13/h3-11,19H,1-2H3. The molecule has 0 radical (unpaired) electrons. The van der Waals surface area contributed by atoms with Crippen molar-refractivity contribution in [1.82, 2.24) is 4.90 Å². The maximum absolute atomic E-state index is 12.4. The maximum Gasteiger partial charge on any atom is 0.277 e. The third-order valence-electron chi connectivity index (χ3n) is 3.71. The smallest absolute Gasteiger partial charge is 0.277 e. The van der Waals surface area contributed by atoms with Crippen LogP contribution in [0.25, 0.3) is 5.57 Å². The molecule has 23 heavy (non-hydrogen) atoms. The molecular formula is C18H16N2O3. The second-order valence-corrected chi connectivity index (χ2v) is 5.14. The molecule has 116 valence electrons. The predicted molar refractivity (Wildman–Crippen MR) is 87.8 cm³/mol. The fourth-order valence-electron chi connectivity index (χ4n) is 2.45. The number of hydrogen-bond acceptors (Lipinski definition) is 4. The number of benzene rings is 2. The summed E-state index contributed by atoms with van der Waals surface area (Å²) in [5, 5.41) is 3.06. The summed E-state index contributed by atoms with van der Waals surface area (Å²) in [4.78, 5) is 25.9. The van der Waals surface area contributed by atoms with Crippen LogP contribution < -0.4 is 10.1 Å². The van der Waals surface area contributed by atoms with Crippen LogP contribution in [-0.4, -0.2) is 30.9 Å². The van der Waals surface area contributed by atoms with Gasteiger partial charge in [0.1, 0.15) is 11.4 Å². The number of carbonyl (C=O) groups excluding carboxylic acids is 2. The number of hydrogen-bond donors (Lipinski definition) is 1. The summed E-state index contributed by atoms with van der Waals surface area (Å²) < 4.78 is 5.12. The highest BCUT2D eigenvalue weighted by Gasteiger charge is 2.36. The molecule has 0 saturated carbocycles. The van der Waals surface area contributed by atoms with Crippen molar-refractivity contribution < 1.29 is 14.3 Å². The minimum atomic E-state index is -0.343. The number of carbonyl (C=O) groups is 2. The molecule has 1 N–H and O–H groups in total. The Kier molecular flexibility index (Phi) is 3.85. The Morgan fingerprint density at radius 3 is 2.17 bits per heavy atom. The SMILES string of the molecule is COc1ccc(NC2=C(c3ccccc3)C(=O)N(C)C2=O)cc1. The summed E-state index contributed by atoms with van der Waals surface area (Å²) >= 11 is 0. The molecule has 0 spiro atoms. The zero-order valence-corrected chi connectivity index (χ0v) is 12.9. The molecule has 0 saturated heterocycles. The Morgan fingerprint density at radius 1 is 0.913 bits per heavy atom. The van der Waals surface area contributed by atoms with E-state index < -0.39 is 0 Å². The van der Waals surface area contributed by atoms with Crippen molar-refractivity contribution in [2.45, 2.75) is 0 Å². The van der Waals surface area contributed by atoms with E-state index in [1.54, 1.807) is 31.4 Å². The van der Waals surface area contributed by atoms with Gasteiger partial charge in [0.25, 0.3) is 11.8 Å². The molecule has 0 atom stereocenters. The third-order valence-corrected chi connectivity index (χ3v) is 3.71. The first kappa shape index (κ1) is 14.8. The van der Waals surface area contributed by atoms with Crippen LogP contribution in [0.1, 0.15) is 5.56 Å². The molecule has 1 aliphatic heterocycles. The molecule has 1 heterocycles. The van der Waals surface area contributed by atoms with Gasteiger partial charge in [-0.3, -0.25) is 14.5 Å². The van der Waals surface area contributed by atoms with Gasteiger partial charge in [-0.15, -0.1) is 0 Å². The molecular weight excluding hydrogens is 292 g/mol. The number of methoxy groups -OCH3 is 1. The maximum atomic E-state index is 12.4. The number of likely N-dealkylation sites (N-methyl/N-ethyl adjacent to an activating group) is 1. The monoisotopic (exact) mass is 308 g/mol. The molecule has 1 aliphatic rings. The van der Waals surface area contributed by atoms with E-state index in [0.29, 0.717) is 16.8 Å². The Hall–Kier alpha value is -3.08. The fourth-order valence-corrected chi connectivity index (χ4v) is 2.45. The van der Waals surface area contributed by atoms with Crippen LogP contribution in [0.4, 0.5) is 5.69 Å². The number of nitrogens with zero attached hydrogens (tertiary/aromatic N) is 1. The number of amides is 2. The summed E-state index contributed by atoms with van der Waals surface area (Å²) in [6.07, 6.45) is 0. The van der Waals surface area contributed by atoms with E-state index in [1.165, 1.54) is 7.05 Å². The molecule has 0 aliphatic carbocycles. The lowest BCUT2D eigenvalue weighted by atomic mass is 10.0. The fraction of sp³-hybridized carbons (Fsp3) is 0.111. The lowest BCUT2D eigenvalue weighted by Gasteiger charge is -2.09.